The predicted octanol–water partition coefficient (Wildman–Crippen LogP) is 1.04. The summed E-state index contributed by atoms with van der Waals surface area (Å²) < 4.78 is 16.6. The van der Waals surface area contributed by atoms with Crippen LogP contribution in [-0.2, 0) is 9.53 Å². The average Bonchev–Trinajstić information content (AvgIpc) is 3.29. The summed E-state index contributed by atoms with van der Waals surface area (Å²) in [6, 6.07) is 4.98. The van der Waals surface area contributed by atoms with E-state index in [0.717, 1.165) is 25.1 Å². The van der Waals surface area contributed by atoms with E-state index in [1.54, 1.807) is 4.90 Å². The molecule has 3 aliphatic rings. The molecule has 3 heterocycles. The molecule has 0 spiro atoms. The molecular weight excluding hydrogens is 338 g/mol. The Labute approximate surface area is 151 Å². The van der Waals surface area contributed by atoms with E-state index in [1.165, 1.54) is 0 Å². The third-order valence-corrected chi connectivity index (χ3v) is 4.81. The van der Waals surface area contributed by atoms with Gasteiger partial charge in [-0.05, 0) is 25.0 Å². The van der Waals surface area contributed by atoms with E-state index in [1.807, 2.05) is 18.2 Å². The van der Waals surface area contributed by atoms with Gasteiger partial charge in [0.05, 0.1) is 12.1 Å². The first-order valence-corrected chi connectivity index (χ1v) is 9.05. The van der Waals surface area contributed by atoms with E-state index in [-0.39, 0.29) is 30.5 Å². The number of carbonyl (C=O) groups is 2. The Kier molecular flexibility index (Phi) is 4.83. The van der Waals surface area contributed by atoms with Crippen LogP contribution in [-0.4, -0.2) is 57.0 Å². The minimum Gasteiger partial charge on any atom is -0.486 e. The molecule has 26 heavy (non-hydrogen) atoms. The maximum atomic E-state index is 12.4. The Morgan fingerprint density at radius 3 is 2.85 bits per heavy atom. The lowest BCUT2D eigenvalue weighted by Crippen LogP contribution is -2.45. The van der Waals surface area contributed by atoms with Crippen molar-refractivity contribution in [2.75, 3.05) is 37.8 Å². The quantitative estimate of drug-likeness (QED) is 0.837. The lowest BCUT2D eigenvalue weighted by molar-refractivity contribution is -0.117. The van der Waals surface area contributed by atoms with Crippen molar-refractivity contribution in [3.63, 3.8) is 0 Å². The van der Waals surface area contributed by atoms with Gasteiger partial charge in [-0.15, -0.1) is 0 Å². The van der Waals surface area contributed by atoms with Gasteiger partial charge in [0.2, 0.25) is 5.91 Å². The fourth-order valence-corrected chi connectivity index (χ4v) is 3.50. The van der Waals surface area contributed by atoms with Crippen molar-refractivity contribution in [1.29, 1.82) is 0 Å². The zero-order chi connectivity index (χ0) is 17.9. The Morgan fingerprint density at radius 1 is 1.19 bits per heavy atom. The number of hydrogen-bond acceptors (Lipinski definition) is 5. The summed E-state index contributed by atoms with van der Waals surface area (Å²) in [6.07, 6.45) is 2.39. The second-order valence-electron chi connectivity index (χ2n) is 6.72. The van der Waals surface area contributed by atoms with Gasteiger partial charge in [0.1, 0.15) is 13.2 Å². The molecule has 3 aliphatic heterocycles. The highest BCUT2D eigenvalue weighted by molar-refractivity contribution is 5.97. The van der Waals surface area contributed by atoms with Crippen LogP contribution in [0.5, 0.6) is 11.5 Å². The fourth-order valence-electron chi connectivity index (χ4n) is 3.50. The Balaban J connectivity index is 1.32. The number of hydrogen-bond donors (Lipinski definition) is 2. The van der Waals surface area contributed by atoms with E-state index in [4.69, 9.17) is 14.2 Å². The van der Waals surface area contributed by atoms with Gasteiger partial charge in [-0.1, -0.05) is 0 Å². The number of benzene rings is 1. The van der Waals surface area contributed by atoms with Crippen LogP contribution in [0.3, 0.4) is 0 Å². The van der Waals surface area contributed by atoms with Gasteiger partial charge in [-0.25, -0.2) is 4.79 Å². The molecule has 2 saturated heterocycles. The van der Waals surface area contributed by atoms with Crippen LogP contribution in [0.2, 0.25) is 0 Å². The predicted molar refractivity (Wildman–Crippen MR) is 93.7 cm³/mol. The monoisotopic (exact) mass is 361 g/mol. The second kappa shape index (κ2) is 7.41. The molecule has 0 aliphatic carbocycles. The van der Waals surface area contributed by atoms with Gasteiger partial charge in [0.15, 0.2) is 11.5 Å². The third-order valence-electron chi connectivity index (χ3n) is 4.81. The first-order valence-electron chi connectivity index (χ1n) is 9.05. The Bertz CT molecular complexity index is 689. The number of urea groups is 1. The van der Waals surface area contributed by atoms with Crippen molar-refractivity contribution in [3.05, 3.63) is 18.2 Å². The van der Waals surface area contributed by atoms with Gasteiger partial charge in [0, 0.05) is 37.9 Å². The van der Waals surface area contributed by atoms with Crippen LogP contribution in [0.25, 0.3) is 0 Å². The van der Waals surface area contributed by atoms with Crippen molar-refractivity contribution in [2.24, 2.45) is 0 Å². The van der Waals surface area contributed by atoms with Crippen LogP contribution in [0, 0.1) is 0 Å². The average molecular weight is 361 g/mol. The number of ether oxygens (including phenoxy) is 3. The molecule has 0 saturated carbocycles. The number of fused-ring (bicyclic) bond motifs is 1. The van der Waals surface area contributed by atoms with Crippen molar-refractivity contribution in [3.8, 4) is 11.5 Å². The van der Waals surface area contributed by atoms with Crippen molar-refractivity contribution < 1.29 is 23.8 Å². The summed E-state index contributed by atoms with van der Waals surface area (Å²) in [4.78, 5) is 26.1. The molecule has 140 valence electrons. The van der Waals surface area contributed by atoms with Gasteiger partial charge in [-0.3, -0.25) is 4.79 Å². The molecule has 1 aromatic carbocycles. The molecule has 0 bridgehead atoms. The van der Waals surface area contributed by atoms with Gasteiger partial charge in [-0.2, -0.15) is 0 Å². The molecule has 8 nitrogen and oxygen atoms in total. The fraction of sp³-hybridized carbons (Fsp3) is 0.556. The molecule has 2 N–H and O–H groups in total. The zero-order valence-electron chi connectivity index (χ0n) is 14.5. The summed E-state index contributed by atoms with van der Waals surface area (Å²) in [5.74, 6) is 1.31. The van der Waals surface area contributed by atoms with Crippen LogP contribution in [0.15, 0.2) is 18.2 Å². The smallest absolute Gasteiger partial charge is 0.315 e. The standard InChI is InChI=1S/C18H23N3O5/c22-17-8-12(20-18(23)19-10-14-2-1-5-24-14)11-21(17)13-3-4-15-16(9-13)26-7-6-25-15/h3-4,9,12,14H,1-2,5-8,10-11H2,(H2,19,20,23)/t12-,14+/m1/s1. The molecule has 2 fully saturated rings. The number of nitrogens with one attached hydrogen (secondary N) is 2. The maximum absolute atomic E-state index is 12.4. The Hall–Kier alpha value is -2.48. The lowest BCUT2D eigenvalue weighted by Gasteiger charge is -2.22. The molecule has 4 rings (SSSR count). The Morgan fingerprint density at radius 2 is 2.04 bits per heavy atom. The second-order valence-corrected chi connectivity index (χ2v) is 6.72. The van der Waals surface area contributed by atoms with Crippen molar-refractivity contribution in [2.45, 2.75) is 31.4 Å². The molecule has 2 atom stereocenters. The topological polar surface area (TPSA) is 89.1 Å². The van der Waals surface area contributed by atoms with E-state index in [0.29, 0.717) is 37.8 Å². The van der Waals surface area contributed by atoms with Crippen molar-refractivity contribution in [1.82, 2.24) is 10.6 Å². The molecule has 0 unspecified atom stereocenters. The summed E-state index contributed by atoms with van der Waals surface area (Å²) in [7, 11) is 0. The number of nitrogens with zero attached hydrogens (tertiary/aromatic N) is 1. The molecule has 0 aromatic heterocycles. The van der Waals surface area contributed by atoms with E-state index >= 15 is 0 Å². The third kappa shape index (κ3) is 3.70. The molecule has 0 radical (unpaired) electrons. The van der Waals surface area contributed by atoms with Gasteiger partial charge in [0.25, 0.3) is 0 Å². The highest BCUT2D eigenvalue weighted by atomic mass is 16.6. The lowest BCUT2D eigenvalue weighted by atomic mass is 10.2. The molecule has 3 amide bonds. The molecule has 1 aromatic rings. The first-order chi connectivity index (χ1) is 12.7. The normalized spacial score (nSPS) is 24.6. The molecule has 8 heteroatoms. The summed E-state index contributed by atoms with van der Waals surface area (Å²) in [5, 5.41) is 5.69. The minimum absolute atomic E-state index is 0.0221. The van der Waals surface area contributed by atoms with Crippen molar-refractivity contribution >= 4 is 17.6 Å². The number of rotatable bonds is 4. The van der Waals surface area contributed by atoms with E-state index in [2.05, 4.69) is 10.6 Å². The van der Waals surface area contributed by atoms with Gasteiger partial charge >= 0.3 is 6.03 Å². The summed E-state index contributed by atoms with van der Waals surface area (Å²) in [5.41, 5.74) is 0.753. The summed E-state index contributed by atoms with van der Waals surface area (Å²) in [6.45, 7) is 2.72. The number of anilines is 1. The molecular formula is C18H23N3O5. The SMILES string of the molecule is O=C(NC[C@@H]1CCCO1)N[C@@H]1CC(=O)N(c2ccc3c(c2)OCCO3)C1. The minimum atomic E-state index is -0.262. The first kappa shape index (κ1) is 17.0. The number of amides is 3. The van der Waals surface area contributed by atoms with E-state index < -0.39 is 0 Å². The van der Waals surface area contributed by atoms with E-state index in [9.17, 15) is 9.59 Å². The summed E-state index contributed by atoms with van der Waals surface area (Å²) >= 11 is 0. The van der Waals surface area contributed by atoms with Crippen LogP contribution >= 0.6 is 0 Å². The highest BCUT2D eigenvalue weighted by Crippen LogP contribution is 2.35. The number of carbonyl (C=O) groups excluding carboxylic acids is 2. The van der Waals surface area contributed by atoms with Crippen LogP contribution in [0.1, 0.15) is 19.3 Å². The van der Waals surface area contributed by atoms with Crippen LogP contribution in [0.4, 0.5) is 10.5 Å². The maximum Gasteiger partial charge on any atom is 0.315 e. The zero-order valence-corrected chi connectivity index (χ0v) is 14.5. The van der Waals surface area contributed by atoms with Crippen LogP contribution < -0.4 is 25.0 Å². The van der Waals surface area contributed by atoms with Gasteiger partial charge < -0.3 is 29.7 Å². The highest BCUT2D eigenvalue weighted by Gasteiger charge is 2.32. The largest absolute Gasteiger partial charge is 0.486 e.